The van der Waals surface area contributed by atoms with Crippen LogP contribution in [0.15, 0.2) is 5.10 Å². The Kier molecular flexibility index (Phi) is 2.61. The first-order chi connectivity index (χ1) is 3.68. The van der Waals surface area contributed by atoms with Crippen LogP contribution in [0.5, 0.6) is 0 Å². The summed E-state index contributed by atoms with van der Waals surface area (Å²) in [6, 6.07) is 0. The summed E-state index contributed by atoms with van der Waals surface area (Å²) in [7, 11) is 1.53. The fourth-order valence-corrected chi connectivity index (χ4v) is 0.181. The van der Waals surface area contributed by atoms with E-state index in [4.69, 9.17) is 5.73 Å². The summed E-state index contributed by atoms with van der Waals surface area (Å²) in [5.41, 5.74) is 4.88. The Morgan fingerprint density at radius 3 is 2.50 bits per heavy atom. The van der Waals surface area contributed by atoms with Crippen molar-refractivity contribution >= 4 is 12.2 Å². The highest BCUT2D eigenvalue weighted by Crippen LogP contribution is 1.79. The molecule has 0 bridgehead atoms. The minimum absolute atomic E-state index is 0.133. The number of nitrogens with two attached hydrogens (primary N) is 1. The van der Waals surface area contributed by atoms with E-state index in [-0.39, 0.29) is 5.91 Å². The van der Waals surface area contributed by atoms with E-state index in [2.05, 4.69) is 5.10 Å². The summed E-state index contributed by atoms with van der Waals surface area (Å²) in [6.45, 7) is 1.41. The first kappa shape index (κ1) is 6.94. The largest absolute Gasteiger partial charge is 0.388 e. The third-order valence-electron chi connectivity index (χ3n) is 0.696. The van der Waals surface area contributed by atoms with Gasteiger partial charge in [0.25, 0.3) is 0 Å². The second-order valence-electron chi connectivity index (χ2n) is 1.31. The van der Waals surface area contributed by atoms with Crippen LogP contribution in [0.3, 0.4) is 0 Å². The van der Waals surface area contributed by atoms with Crippen molar-refractivity contribution in [1.82, 2.24) is 5.01 Å². The van der Waals surface area contributed by atoms with Crippen molar-refractivity contribution in [3.63, 3.8) is 0 Å². The van der Waals surface area contributed by atoms with E-state index < -0.39 is 0 Å². The van der Waals surface area contributed by atoms with Crippen molar-refractivity contribution < 1.29 is 4.79 Å². The van der Waals surface area contributed by atoms with E-state index >= 15 is 0 Å². The smallest absolute Gasteiger partial charge is 0.239 e. The van der Waals surface area contributed by atoms with Gasteiger partial charge in [-0.3, -0.25) is 4.79 Å². The number of rotatable bonds is 1. The van der Waals surface area contributed by atoms with E-state index in [0.29, 0.717) is 0 Å². The minimum atomic E-state index is -0.133. The Morgan fingerprint density at radius 1 is 1.88 bits per heavy atom. The highest BCUT2D eigenvalue weighted by molar-refractivity contribution is 5.73. The van der Waals surface area contributed by atoms with E-state index in [1.165, 1.54) is 14.0 Å². The first-order valence-corrected chi connectivity index (χ1v) is 2.17. The minimum Gasteiger partial charge on any atom is -0.388 e. The highest BCUT2D eigenvalue weighted by atomic mass is 16.2. The SMILES string of the molecule is CC(=O)N(C)/N=C\N. The van der Waals surface area contributed by atoms with Gasteiger partial charge in [-0.1, -0.05) is 0 Å². The van der Waals surface area contributed by atoms with Gasteiger partial charge in [0.1, 0.15) is 6.34 Å². The van der Waals surface area contributed by atoms with Gasteiger partial charge in [-0.15, -0.1) is 0 Å². The molecule has 2 N–H and O–H groups in total. The predicted octanol–water partition coefficient (Wildman–Crippen LogP) is -0.633. The van der Waals surface area contributed by atoms with Crippen molar-refractivity contribution in [2.24, 2.45) is 10.8 Å². The monoisotopic (exact) mass is 115 g/mol. The summed E-state index contributed by atoms with van der Waals surface area (Å²) in [6.07, 6.45) is 1.07. The summed E-state index contributed by atoms with van der Waals surface area (Å²) in [5, 5.41) is 4.61. The normalized spacial score (nSPS) is 9.75. The van der Waals surface area contributed by atoms with Crippen molar-refractivity contribution in [3.8, 4) is 0 Å². The Hall–Kier alpha value is -1.06. The topological polar surface area (TPSA) is 58.7 Å². The highest BCUT2D eigenvalue weighted by Gasteiger charge is 1.93. The quantitative estimate of drug-likeness (QED) is 0.281. The van der Waals surface area contributed by atoms with E-state index in [9.17, 15) is 4.79 Å². The average Bonchev–Trinajstić information content (AvgIpc) is 1.67. The molecule has 4 nitrogen and oxygen atoms in total. The Bertz CT molecular complexity index is 110. The van der Waals surface area contributed by atoms with Gasteiger partial charge >= 0.3 is 0 Å². The zero-order valence-electron chi connectivity index (χ0n) is 4.96. The molecule has 1 amide bonds. The first-order valence-electron chi connectivity index (χ1n) is 2.17. The number of hydrogen-bond donors (Lipinski definition) is 1. The van der Waals surface area contributed by atoms with Crippen molar-refractivity contribution in [2.75, 3.05) is 7.05 Å². The van der Waals surface area contributed by atoms with Crippen LogP contribution in [-0.4, -0.2) is 24.3 Å². The van der Waals surface area contributed by atoms with Crippen LogP contribution in [0, 0.1) is 0 Å². The maximum absolute atomic E-state index is 10.3. The van der Waals surface area contributed by atoms with Crippen molar-refractivity contribution in [1.29, 1.82) is 0 Å². The molecule has 0 rings (SSSR count). The molecule has 0 heterocycles. The molecule has 0 spiro atoms. The van der Waals surface area contributed by atoms with Gasteiger partial charge < -0.3 is 5.73 Å². The van der Waals surface area contributed by atoms with Gasteiger partial charge in [-0.05, 0) is 0 Å². The lowest BCUT2D eigenvalue weighted by molar-refractivity contribution is -0.127. The molecular formula is C4H9N3O. The van der Waals surface area contributed by atoms with Crippen LogP contribution in [0.4, 0.5) is 0 Å². The van der Waals surface area contributed by atoms with Crippen LogP contribution in [0.1, 0.15) is 6.92 Å². The van der Waals surface area contributed by atoms with Crippen LogP contribution >= 0.6 is 0 Å². The maximum Gasteiger partial charge on any atom is 0.239 e. The molecule has 0 aliphatic rings. The third-order valence-corrected chi connectivity index (χ3v) is 0.696. The van der Waals surface area contributed by atoms with Gasteiger partial charge in [0.05, 0.1) is 0 Å². The van der Waals surface area contributed by atoms with Crippen LogP contribution < -0.4 is 5.73 Å². The fraction of sp³-hybridized carbons (Fsp3) is 0.500. The van der Waals surface area contributed by atoms with Gasteiger partial charge in [0.15, 0.2) is 0 Å². The van der Waals surface area contributed by atoms with Gasteiger partial charge in [0.2, 0.25) is 5.91 Å². The van der Waals surface area contributed by atoms with Crippen LogP contribution in [0.2, 0.25) is 0 Å². The second kappa shape index (κ2) is 3.01. The molecule has 0 saturated heterocycles. The van der Waals surface area contributed by atoms with E-state index in [1.54, 1.807) is 0 Å². The molecule has 0 saturated carbocycles. The fourth-order valence-electron chi connectivity index (χ4n) is 0.181. The van der Waals surface area contributed by atoms with Crippen LogP contribution in [-0.2, 0) is 4.79 Å². The number of hydrogen-bond acceptors (Lipinski definition) is 2. The molecule has 0 atom stereocenters. The summed E-state index contributed by atoms with van der Waals surface area (Å²) >= 11 is 0. The van der Waals surface area contributed by atoms with Gasteiger partial charge in [-0.2, -0.15) is 5.10 Å². The number of carbonyl (C=O) groups is 1. The van der Waals surface area contributed by atoms with Crippen molar-refractivity contribution in [3.05, 3.63) is 0 Å². The lowest BCUT2D eigenvalue weighted by Crippen LogP contribution is -2.18. The third kappa shape index (κ3) is 2.17. The zero-order valence-corrected chi connectivity index (χ0v) is 4.96. The molecule has 0 aromatic carbocycles. The summed E-state index contributed by atoms with van der Waals surface area (Å²) < 4.78 is 0. The Balaban J connectivity index is 3.64. The maximum atomic E-state index is 10.3. The molecule has 0 radical (unpaired) electrons. The van der Waals surface area contributed by atoms with E-state index in [1.807, 2.05) is 0 Å². The molecule has 0 fully saturated rings. The predicted molar refractivity (Wildman–Crippen MR) is 31.1 cm³/mol. The molecule has 0 unspecified atom stereocenters. The molecule has 0 aromatic heterocycles. The lowest BCUT2D eigenvalue weighted by atomic mass is 10.7. The molecule has 0 aliphatic heterocycles. The van der Waals surface area contributed by atoms with Crippen LogP contribution in [0.25, 0.3) is 0 Å². The standard InChI is InChI=1S/C4H9N3O/c1-4(8)7(2)6-3-5/h3H,1-2H3,(H2,5,6). The number of amides is 1. The lowest BCUT2D eigenvalue weighted by Gasteiger charge is -2.03. The number of nitrogens with zero attached hydrogens (tertiary/aromatic N) is 2. The second-order valence-corrected chi connectivity index (χ2v) is 1.31. The van der Waals surface area contributed by atoms with Gasteiger partial charge in [0, 0.05) is 14.0 Å². The summed E-state index contributed by atoms with van der Waals surface area (Å²) in [4.78, 5) is 10.3. The molecular weight excluding hydrogens is 106 g/mol. The number of carbonyl (C=O) groups excluding carboxylic acids is 1. The summed E-state index contributed by atoms with van der Waals surface area (Å²) in [5.74, 6) is -0.133. The number of hydrazone groups is 1. The van der Waals surface area contributed by atoms with E-state index in [0.717, 1.165) is 11.3 Å². The van der Waals surface area contributed by atoms with Gasteiger partial charge in [-0.25, -0.2) is 5.01 Å². The molecule has 8 heavy (non-hydrogen) atoms. The molecule has 0 aromatic rings. The average molecular weight is 115 g/mol. The molecule has 4 heteroatoms. The Labute approximate surface area is 48.0 Å². The van der Waals surface area contributed by atoms with Crippen molar-refractivity contribution in [2.45, 2.75) is 6.92 Å². The Morgan fingerprint density at radius 2 is 2.38 bits per heavy atom. The molecule has 0 aliphatic carbocycles. The zero-order chi connectivity index (χ0) is 6.57. The molecule has 46 valence electrons.